The van der Waals surface area contributed by atoms with E-state index in [4.69, 9.17) is 37.9 Å². The van der Waals surface area contributed by atoms with E-state index in [9.17, 15) is 18.2 Å². The van der Waals surface area contributed by atoms with E-state index >= 15 is 0 Å². The Morgan fingerprint density at radius 3 is 0.446 bits per heavy atom. The SMILES string of the molecule is COC1C[C@@H]2C[S+]([O-])C[C@H]3C[C@@H](OC)[C@H](CC3OC)C[S@@+]([O-])C[C@H]3CC(OC)[C@H](CC3OC)C[S@+]([O-])C[C@H]3CC(OC)[C@H](CC3OC)C[S+]([O-])C[C@H]1CC2OC. The molecule has 10 aliphatic heterocycles. The van der Waals surface area contributed by atoms with Crippen molar-refractivity contribution in [1.82, 2.24) is 0 Å². The van der Waals surface area contributed by atoms with Crippen molar-refractivity contribution in [3.63, 3.8) is 0 Å². The first-order valence-corrected chi connectivity index (χ1v) is 26.5. The van der Waals surface area contributed by atoms with Crippen LogP contribution < -0.4 is 0 Å². The Balaban J connectivity index is 1.37. The van der Waals surface area contributed by atoms with E-state index in [1.807, 2.05) is 0 Å². The van der Waals surface area contributed by atoms with Crippen LogP contribution in [0.15, 0.2) is 0 Å². The van der Waals surface area contributed by atoms with Gasteiger partial charge in [-0.3, -0.25) is 0 Å². The fourth-order valence-corrected chi connectivity index (χ4v) is 18.2. The van der Waals surface area contributed by atoms with Gasteiger partial charge in [-0.15, -0.1) is 0 Å². The number of hydrogen-bond donors (Lipinski definition) is 0. The van der Waals surface area contributed by atoms with E-state index in [0.29, 0.717) is 97.4 Å². The van der Waals surface area contributed by atoms with Gasteiger partial charge in [0, 0.05) is 104 Å². The molecule has 4 aliphatic carbocycles. The largest absolute Gasteiger partial charge is 0.616 e. The third kappa shape index (κ3) is 12.5. The molecule has 12 nitrogen and oxygen atoms in total. The van der Waals surface area contributed by atoms with Gasteiger partial charge in [-0.2, -0.15) is 0 Å². The van der Waals surface area contributed by atoms with Gasteiger partial charge in [-0.1, -0.05) is 44.7 Å². The first-order valence-electron chi connectivity index (χ1n) is 20.6. The maximum absolute atomic E-state index is 13.9. The normalized spacial score (nSPS) is 47.8. The van der Waals surface area contributed by atoms with Crippen LogP contribution in [0.25, 0.3) is 0 Å². The molecular formula is C40H72O12S4. The molecule has 14 fully saturated rings. The summed E-state index contributed by atoms with van der Waals surface area (Å²) in [6.07, 6.45) is 4.70. The minimum absolute atomic E-state index is 0.0464. The quantitative estimate of drug-likeness (QED) is 0.328. The monoisotopic (exact) mass is 872 g/mol. The predicted molar refractivity (Wildman–Crippen MR) is 223 cm³/mol. The highest BCUT2D eigenvalue weighted by Gasteiger charge is 2.48. The number of ether oxygens (including phenoxy) is 8. The summed E-state index contributed by atoms with van der Waals surface area (Å²) in [4.78, 5) is 0. The van der Waals surface area contributed by atoms with Crippen LogP contribution in [0.3, 0.4) is 0 Å². The highest BCUT2D eigenvalue weighted by Crippen LogP contribution is 2.41. The Labute approximate surface area is 349 Å². The average Bonchev–Trinajstić information content (AvgIpc) is 3.18. The van der Waals surface area contributed by atoms with E-state index in [0.717, 1.165) is 0 Å². The molecule has 20 atom stereocenters. The van der Waals surface area contributed by atoms with E-state index in [1.165, 1.54) is 0 Å². The molecule has 0 radical (unpaired) electrons. The fourth-order valence-electron chi connectivity index (χ4n) is 11.0. The van der Waals surface area contributed by atoms with Gasteiger partial charge in [0.25, 0.3) is 0 Å². The second kappa shape index (κ2) is 23.4. The van der Waals surface area contributed by atoms with Crippen LogP contribution in [0.1, 0.15) is 51.4 Å². The summed E-state index contributed by atoms with van der Waals surface area (Å²) in [6.45, 7) is 0. The Morgan fingerprint density at radius 1 is 0.250 bits per heavy atom. The number of hydrogen-bond acceptors (Lipinski definition) is 12. The van der Waals surface area contributed by atoms with E-state index in [1.54, 1.807) is 56.9 Å². The molecule has 8 bridgehead atoms. The zero-order chi connectivity index (χ0) is 40.5. The molecule has 0 spiro atoms. The van der Waals surface area contributed by atoms with E-state index in [-0.39, 0.29) is 96.2 Å². The van der Waals surface area contributed by atoms with Gasteiger partial charge in [0.1, 0.15) is 46.0 Å². The van der Waals surface area contributed by atoms with E-state index < -0.39 is 44.7 Å². The van der Waals surface area contributed by atoms with Gasteiger partial charge in [-0.05, 0) is 51.4 Å². The summed E-state index contributed by atoms with van der Waals surface area (Å²) in [5, 5.41) is 0. The first-order chi connectivity index (χ1) is 27.0. The molecule has 328 valence electrons. The van der Waals surface area contributed by atoms with Crippen LogP contribution in [0.2, 0.25) is 0 Å². The van der Waals surface area contributed by atoms with Crippen LogP contribution in [0.5, 0.6) is 0 Å². The second-order valence-electron chi connectivity index (χ2n) is 17.3. The predicted octanol–water partition coefficient (Wildman–Crippen LogP) is 3.22. The molecule has 0 amide bonds. The third-order valence-corrected chi connectivity index (χ3v) is 20.5. The first kappa shape index (κ1) is 48.0. The lowest BCUT2D eigenvalue weighted by Crippen LogP contribution is -2.49. The third-order valence-electron chi connectivity index (χ3n) is 14.1. The van der Waals surface area contributed by atoms with Crippen molar-refractivity contribution >= 4 is 44.7 Å². The zero-order valence-electron chi connectivity index (χ0n) is 35.1. The standard InChI is InChI=1S/C40H72O12S4/c1-45-33-9-26-18-54(42)20-28-12-38(50-6)30(14-37(28)49-5)22-56(44)24-32-16-39(51-7)31(15-40(32)52-8)23-55(43)21-29-13-35(47-3)27(11-36(29)48-4)19-53(41)17-25(33)10-34(26)46-2/h25-40H,9-24H2,1-8H3/t25-,26-,27-,28-,29-,30-,31-,32-,33-,34?,35?,36?,37?,38?,39?,40?,53-,54?,55+,56?/m1/s1. The summed E-state index contributed by atoms with van der Waals surface area (Å²) in [7, 11) is 13.7. The highest BCUT2D eigenvalue weighted by atomic mass is 32.2. The van der Waals surface area contributed by atoms with Gasteiger partial charge in [0.15, 0.2) is 0 Å². The van der Waals surface area contributed by atoms with Gasteiger partial charge >= 0.3 is 0 Å². The molecule has 0 aromatic carbocycles. The molecule has 16 heteroatoms. The summed E-state index contributed by atoms with van der Waals surface area (Å²) < 4.78 is 104. The highest BCUT2D eigenvalue weighted by molar-refractivity contribution is 7.92. The van der Waals surface area contributed by atoms with Crippen LogP contribution >= 0.6 is 0 Å². The average molecular weight is 873 g/mol. The lowest BCUT2D eigenvalue weighted by atomic mass is 9.79. The van der Waals surface area contributed by atoms with Crippen molar-refractivity contribution in [1.29, 1.82) is 0 Å². The Bertz CT molecular complexity index is 887. The van der Waals surface area contributed by atoms with Crippen LogP contribution in [-0.4, -0.2) is 170 Å². The summed E-state index contributed by atoms with van der Waals surface area (Å²) in [5.41, 5.74) is 0. The van der Waals surface area contributed by atoms with Gasteiger partial charge in [0.2, 0.25) is 0 Å². The Morgan fingerprint density at radius 2 is 0.357 bits per heavy atom. The Hall–Kier alpha value is 0.920. The molecule has 0 aromatic heterocycles. The molecule has 0 N–H and O–H groups in total. The minimum atomic E-state index is -1.13. The van der Waals surface area contributed by atoms with Gasteiger partial charge in [-0.25, -0.2) is 0 Å². The van der Waals surface area contributed by atoms with Crippen molar-refractivity contribution in [3.8, 4) is 0 Å². The molecule has 0 aromatic rings. The molecule has 9 unspecified atom stereocenters. The van der Waals surface area contributed by atoms with Crippen LogP contribution in [0.4, 0.5) is 0 Å². The van der Waals surface area contributed by atoms with Crippen molar-refractivity contribution in [2.45, 2.75) is 100 Å². The summed E-state index contributed by atoms with van der Waals surface area (Å²) in [5.74, 6) is 4.37. The van der Waals surface area contributed by atoms with Gasteiger partial charge < -0.3 is 56.1 Å². The van der Waals surface area contributed by atoms with Crippen molar-refractivity contribution in [2.24, 2.45) is 47.3 Å². The zero-order valence-corrected chi connectivity index (χ0v) is 38.3. The van der Waals surface area contributed by atoms with Crippen molar-refractivity contribution in [3.05, 3.63) is 0 Å². The Kier molecular flexibility index (Phi) is 20.0. The molecule has 14 aliphatic rings. The molecule has 4 saturated carbocycles. The van der Waals surface area contributed by atoms with Crippen LogP contribution in [0, 0.1) is 47.3 Å². The summed E-state index contributed by atoms with van der Waals surface area (Å²) in [6, 6.07) is 0. The molecule has 14 rings (SSSR count). The van der Waals surface area contributed by atoms with E-state index in [2.05, 4.69) is 0 Å². The van der Waals surface area contributed by atoms with Gasteiger partial charge in [0.05, 0.1) is 48.8 Å². The lowest BCUT2D eigenvalue weighted by molar-refractivity contribution is -0.0593. The fraction of sp³-hybridized carbons (Fsp3) is 1.00. The maximum Gasteiger partial charge on any atom is 0.111 e. The smallest absolute Gasteiger partial charge is 0.111 e. The summed E-state index contributed by atoms with van der Waals surface area (Å²) >= 11 is -4.53. The van der Waals surface area contributed by atoms with Crippen LogP contribution in [-0.2, 0) is 82.6 Å². The molecule has 56 heavy (non-hydrogen) atoms. The minimum Gasteiger partial charge on any atom is -0.616 e. The van der Waals surface area contributed by atoms with Crippen molar-refractivity contribution in [2.75, 3.05) is 103 Å². The number of methoxy groups -OCH3 is 8. The maximum atomic E-state index is 13.9. The topological polar surface area (TPSA) is 166 Å². The molecule has 10 heterocycles. The second-order valence-corrected chi connectivity index (χ2v) is 23.4. The lowest BCUT2D eigenvalue weighted by Gasteiger charge is -2.43. The molecular weight excluding hydrogens is 801 g/mol. The van der Waals surface area contributed by atoms with Crippen molar-refractivity contribution < 1.29 is 56.1 Å². The molecule has 10 saturated heterocycles. The number of rotatable bonds is 8.